The monoisotopic (exact) mass is 554 g/mol. The van der Waals surface area contributed by atoms with Gasteiger partial charge >= 0.3 is 7.82 Å². The van der Waals surface area contributed by atoms with E-state index in [0.29, 0.717) is 24.1 Å². The maximum atomic E-state index is 12.0. The number of unbranched alkanes of at least 4 members (excludes halogenated alkanes) is 12. The number of likely N-dealkylation sites (N-methyl/N-ethyl adjacent to an activating group) is 1. The van der Waals surface area contributed by atoms with Crippen LogP contribution in [-0.4, -0.2) is 56.9 Å². The van der Waals surface area contributed by atoms with Gasteiger partial charge < -0.3 is 14.1 Å². The van der Waals surface area contributed by atoms with E-state index in [0.717, 1.165) is 17.7 Å². The van der Waals surface area contributed by atoms with Gasteiger partial charge in [-0.2, -0.15) is 0 Å². The van der Waals surface area contributed by atoms with Crippen LogP contribution in [0.5, 0.6) is 5.75 Å². The van der Waals surface area contributed by atoms with E-state index in [1.165, 1.54) is 83.5 Å². The van der Waals surface area contributed by atoms with Gasteiger partial charge in [-0.3, -0.25) is 9.05 Å². The predicted molar refractivity (Wildman–Crippen MR) is 160 cm³/mol. The average Bonchev–Trinajstić information content (AvgIpc) is 2.85. The molecule has 1 unspecified atom stereocenters. The van der Waals surface area contributed by atoms with Crippen LogP contribution < -0.4 is 4.74 Å². The third kappa shape index (κ3) is 21.7. The molecule has 0 aliphatic rings. The molecule has 0 aromatic heterocycles. The lowest BCUT2D eigenvalue weighted by molar-refractivity contribution is -0.870. The average molecular weight is 555 g/mol. The van der Waals surface area contributed by atoms with E-state index < -0.39 is 7.82 Å². The molecule has 0 fully saturated rings. The molecule has 0 aliphatic carbocycles. The third-order valence-electron chi connectivity index (χ3n) is 6.49. The quantitative estimate of drug-likeness (QED) is 0.0568. The normalized spacial score (nSPS) is 13.7. The molecule has 1 aromatic carbocycles. The molecule has 1 rings (SSSR count). The van der Waals surface area contributed by atoms with Crippen LogP contribution in [0.3, 0.4) is 0 Å². The largest absolute Gasteiger partial charge is 0.494 e. The number of ether oxygens (including phenoxy) is 1. The molecule has 0 radical (unpaired) electrons. The Labute approximate surface area is 234 Å². The molecule has 0 aliphatic heterocycles. The van der Waals surface area contributed by atoms with Crippen molar-refractivity contribution in [2.24, 2.45) is 0 Å². The number of phosphoric acid groups is 1. The Morgan fingerprint density at radius 2 is 1.37 bits per heavy atom. The summed E-state index contributed by atoms with van der Waals surface area (Å²) in [5.41, 5.74) is 1.01. The minimum atomic E-state index is -4.02. The predicted octanol–water partition coefficient (Wildman–Crippen LogP) is 8.49. The van der Waals surface area contributed by atoms with Crippen LogP contribution in [0, 0.1) is 0 Å². The lowest BCUT2D eigenvalue weighted by Crippen LogP contribution is -2.37. The fourth-order valence-electron chi connectivity index (χ4n) is 4.08. The van der Waals surface area contributed by atoms with Crippen LogP contribution in [0.15, 0.2) is 36.4 Å². The molecule has 0 amide bonds. The fourth-order valence-corrected chi connectivity index (χ4v) is 4.79. The number of rotatable bonds is 25. The maximum absolute atomic E-state index is 12.0. The molecule has 0 saturated carbocycles. The lowest BCUT2D eigenvalue weighted by Gasteiger charge is -2.24. The number of hydrogen-bond donors (Lipinski definition) is 1. The summed E-state index contributed by atoms with van der Waals surface area (Å²) in [4.78, 5) is 9.84. The van der Waals surface area contributed by atoms with Gasteiger partial charge in [0.05, 0.1) is 34.4 Å². The molecule has 1 atom stereocenters. The first kappa shape index (κ1) is 34.9. The zero-order chi connectivity index (χ0) is 28.0. The number of phosphoric ester groups is 1. The molecule has 0 spiro atoms. The van der Waals surface area contributed by atoms with E-state index in [1.54, 1.807) is 0 Å². The standard InChI is InChI=1S/C31H56NO5P/c1-5-6-7-8-9-10-11-12-13-14-15-16-17-18-19-20-26-35-31-23-21-22-30(29-31)24-27-36-38(33,34)37-28-25-32(2,3)4/h12-13,21-23,29H,5-11,14-20,24-28H2,1-4H3/p+1/b13-12-. The van der Waals surface area contributed by atoms with Gasteiger partial charge in [-0.05, 0) is 56.2 Å². The fraction of sp³-hybridized carbons (Fsp3) is 0.742. The van der Waals surface area contributed by atoms with Crippen molar-refractivity contribution in [3.05, 3.63) is 42.0 Å². The summed E-state index contributed by atoms with van der Waals surface area (Å²) >= 11 is 0. The van der Waals surface area contributed by atoms with Crippen molar-refractivity contribution in [1.29, 1.82) is 0 Å². The van der Waals surface area contributed by atoms with Gasteiger partial charge in [0.1, 0.15) is 18.9 Å². The Kier molecular flexibility index (Phi) is 19.8. The number of nitrogens with zero attached hydrogens (tertiary/aromatic N) is 1. The van der Waals surface area contributed by atoms with Crippen molar-refractivity contribution >= 4 is 7.82 Å². The molecule has 1 N–H and O–H groups in total. The molecule has 38 heavy (non-hydrogen) atoms. The first-order valence-corrected chi connectivity index (χ1v) is 16.5. The number of allylic oxidation sites excluding steroid dienone is 2. The van der Waals surface area contributed by atoms with Crippen LogP contribution in [0.4, 0.5) is 0 Å². The Bertz CT molecular complexity index is 778. The SMILES string of the molecule is CCCCCCCC/C=C\CCCCCCCCOc1cccc(CCOP(=O)(O)OCC[N+](C)(C)C)c1. The van der Waals surface area contributed by atoms with Crippen LogP contribution in [0.1, 0.15) is 102 Å². The molecule has 1 aromatic rings. The smallest absolute Gasteiger partial charge is 0.472 e. The first-order valence-electron chi connectivity index (χ1n) is 15.0. The van der Waals surface area contributed by atoms with Gasteiger partial charge in [-0.15, -0.1) is 0 Å². The molecule has 220 valence electrons. The van der Waals surface area contributed by atoms with Crippen LogP contribution >= 0.6 is 7.82 Å². The molecule has 0 heterocycles. The van der Waals surface area contributed by atoms with E-state index >= 15 is 0 Å². The maximum Gasteiger partial charge on any atom is 0.472 e. The highest BCUT2D eigenvalue weighted by Crippen LogP contribution is 2.43. The van der Waals surface area contributed by atoms with Crippen LogP contribution in [0.2, 0.25) is 0 Å². The highest BCUT2D eigenvalue weighted by Gasteiger charge is 2.22. The summed E-state index contributed by atoms with van der Waals surface area (Å²) in [5, 5.41) is 0. The minimum absolute atomic E-state index is 0.122. The van der Waals surface area contributed by atoms with E-state index in [9.17, 15) is 9.46 Å². The summed E-state index contributed by atoms with van der Waals surface area (Å²) in [6.07, 6.45) is 23.4. The van der Waals surface area contributed by atoms with Gasteiger partial charge in [0, 0.05) is 0 Å². The Morgan fingerprint density at radius 1 is 0.789 bits per heavy atom. The second kappa shape index (κ2) is 21.6. The van der Waals surface area contributed by atoms with Gasteiger partial charge in [0.15, 0.2) is 0 Å². The highest BCUT2D eigenvalue weighted by atomic mass is 31.2. The summed E-state index contributed by atoms with van der Waals surface area (Å²) < 4.78 is 28.8. The van der Waals surface area contributed by atoms with Crippen LogP contribution in [-0.2, 0) is 20.0 Å². The summed E-state index contributed by atoms with van der Waals surface area (Å²) in [5.74, 6) is 0.835. The van der Waals surface area contributed by atoms with E-state index in [4.69, 9.17) is 13.8 Å². The second-order valence-corrected chi connectivity index (χ2v) is 12.8. The summed E-state index contributed by atoms with van der Waals surface area (Å²) in [6, 6.07) is 7.85. The zero-order valence-corrected chi connectivity index (χ0v) is 25.8. The number of hydrogen-bond acceptors (Lipinski definition) is 4. The Morgan fingerprint density at radius 3 is 2.00 bits per heavy atom. The van der Waals surface area contributed by atoms with Crippen molar-refractivity contribution in [1.82, 2.24) is 0 Å². The van der Waals surface area contributed by atoms with E-state index in [-0.39, 0.29) is 13.2 Å². The molecule has 0 bridgehead atoms. The van der Waals surface area contributed by atoms with Crippen LogP contribution in [0.25, 0.3) is 0 Å². The third-order valence-corrected chi connectivity index (χ3v) is 7.50. The molecule has 7 heteroatoms. The summed E-state index contributed by atoms with van der Waals surface area (Å²) in [6.45, 7) is 3.91. The molecular weight excluding hydrogens is 497 g/mol. The molecule has 0 saturated heterocycles. The first-order chi connectivity index (χ1) is 18.2. The molecule has 6 nitrogen and oxygen atoms in total. The van der Waals surface area contributed by atoms with Crippen molar-refractivity contribution < 1.29 is 27.7 Å². The number of quaternary nitrogens is 1. The highest BCUT2D eigenvalue weighted by molar-refractivity contribution is 7.47. The van der Waals surface area contributed by atoms with E-state index in [2.05, 4.69) is 19.1 Å². The van der Waals surface area contributed by atoms with Crippen molar-refractivity contribution in [3.63, 3.8) is 0 Å². The van der Waals surface area contributed by atoms with Gasteiger partial charge in [-0.1, -0.05) is 89.0 Å². The molecular formula is C31H57NO5P+. The van der Waals surface area contributed by atoms with Crippen molar-refractivity contribution in [2.45, 2.75) is 103 Å². The zero-order valence-electron chi connectivity index (χ0n) is 24.9. The Hall–Kier alpha value is -1.17. The van der Waals surface area contributed by atoms with Gasteiger partial charge in [0.25, 0.3) is 0 Å². The van der Waals surface area contributed by atoms with E-state index in [1.807, 2.05) is 45.4 Å². The second-order valence-electron chi connectivity index (χ2n) is 11.3. The van der Waals surface area contributed by atoms with Crippen molar-refractivity contribution in [3.8, 4) is 5.75 Å². The van der Waals surface area contributed by atoms with Gasteiger partial charge in [0.2, 0.25) is 0 Å². The number of benzene rings is 1. The lowest BCUT2D eigenvalue weighted by atomic mass is 10.1. The van der Waals surface area contributed by atoms with Gasteiger partial charge in [-0.25, -0.2) is 4.57 Å². The Balaban J connectivity index is 2.03. The minimum Gasteiger partial charge on any atom is -0.494 e. The topological polar surface area (TPSA) is 65.0 Å². The van der Waals surface area contributed by atoms with Crippen molar-refractivity contribution in [2.75, 3.05) is 47.5 Å². The summed E-state index contributed by atoms with van der Waals surface area (Å²) in [7, 11) is 1.98.